The molecule has 0 unspecified atom stereocenters. The second-order valence-corrected chi connectivity index (χ2v) is 6.56. The molecule has 0 aliphatic rings. The first-order chi connectivity index (χ1) is 13.2. The molecule has 0 aliphatic heterocycles. The van der Waals surface area contributed by atoms with Crippen molar-refractivity contribution < 1.29 is 0 Å². The van der Waals surface area contributed by atoms with Gasteiger partial charge in [0.15, 0.2) is 0 Å². The minimum atomic E-state index is 0.0157. The second-order valence-electron chi connectivity index (χ2n) is 6.56. The number of rotatable bonds is 4. The lowest BCUT2D eigenvalue weighted by atomic mass is 10.0. The van der Waals surface area contributed by atoms with Gasteiger partial charge in [0, 0.05) is 30.2 Å². The molecular weight excluding hydrogens is 334 g/mol. The highest BCUT2D eigenvalue weighted by molar-refractivity contribution is 5.92. The molecule has 4 aromatic rings. The zero-order chi connectivity index (χ0) is 18.8. The van der Waals surface area contributed by atoms with E-state index in [9.17, 15) is 4.79 Å². The largest absolute Gasteiger partial charge is 0.281 e. The van der Waals surface area contributed by atoms with Gasteiger partial charge < -0.3 is 0 Å². The molecule has 4 rings (SSSR count). The number of benzene rings is 2. The van der Waals surface area contributed by atoms with E-state index in [1.54, 1.807) is 10.9 Å². The molecule has 0 N–H and O–H groups in total. The Morgan fingerprint density at radius 3 is 2.56 bits per heavy atom. The van der Waals surface area contributed by atoms with Crippen LogP contribution in [0, 0.1) is 0 Å². The van der Waals surface area contributed by atoms with Gasteiger partial charge in [-0.3, -0.25) is 14.0 Å². The van der Waals surface area contributed by atoms with Gasteiger partial charge in [-0.05, 0) is 35.6 Å². The summed E-state index contributed by atoms with van der Waals surface area (Å²) in [5.74, 6) is 0. The van der Waals surface area contributed by atoms with Crippen LogP contribution in [0.15, 0.2) is 71.8 Å². The number of aryl methyl sites for hydroxylation is 2. The summed E-state index contributed by atoms with van der Waals surface area (Å²) in [7, 11) is 1.89. The highest BCUT2D eigenvalue weighted by Gasteiger charge is 2.12. The van der Waals surface area contributed by atoms with Crippen molar-refractivity contribution in [2.45, 2.75) is 13.3 Å². The van der Waals surface area contributed by atoms with Gasteiger partial charge in [0.1, 0.15) is 0 Å². The Labute approximate surface area is 158 Å². The lowest BCUT2D eigenvalue weighted by molar-refractivity contribution is 0.767. The van der Waals surface area contributed by atoms with E-state index in [1.807, 2.05) is 78.5 Å². The molecule has 0 spiro atoms. The van der Waals surface area contributed by atoms with Crippen LogP contribution in [0.1, 0.15) is 23.7 Å². The van der Waals surface area contributed by atoms with Gasteiger partial charge in [0.25, 0.3) is 5.56 Å². The Hall–Kier alpha value is -3.40. The molecule has 2 heterocycles. The van der Waals surface area contributed by atoms with Gasteiger partial charge in [0.05, 0.1) is 11.6 Å². The predicted molar refractivity (Wildman–Crippen MR) is 111 cm³/mol. The van der Waals surface area contributed by atoms with Crippen LogP contribution in [-0.4, -0.2) is 14.3 Å². The Bertz CT molecular complexity index is 1180. The topological polar surface area (TPSA) is 39.8 Å². The summed E-state index contributed by atoms with van der Waals surface area (Å²) in [4.78, 5) is 13.5. The van der Waals surface area contributed by atoms with E-state index in [0.717, 1.165) is 39.7 Å². The van der Waals surface area contributed by atoms with Gasteiger partial charge in [-0.1, -0.05) is 55.5 Å². The van der Waals surface area contributed by atoms with Crippen molar-refractivity contribution in [2.24, 2.45) is 7.05 Å². The summed E-state index contributed by atoms with van der Waals surface area (Å²) in [5.41, 5.74) is 3.83. The van der Waals surface area contributed by atoms with E-state index in [1.165, 1.54) is 0 Å². The van der Waals surface area contributed by atoms with Crippen molar-refractivity contribution in [2.75, 3.05) is 0 Å². The maximum atomic E-state index is 13.5. The number of aromatic nitrogens is 3. The van der Waals surface area contributed by atoms with Crippen LogP contribution in [0.5, 0.6) is 0 Å². The fourth-order valence-corrected chi connectivity index (χ4v) is 3.41. The summed E-state index contributed by atoms with van der Waals surface area (Å²) in [5, 5.41) is 5.89. The normalized spacial score (nSPS) is 11.5. The fraction of sp³-hybridized carbons (Fsp3) is 0.130. The molecule has 0 bridgehead atoms. The smallest absolute Gasteiger partial charge is 0.263 e. The minimum Gasteiger partial charge on any atom is -0.281 e. The van der Waals surface area contributed by atoms with Crippen LogP contribution in [0.25, 0.3) is 28.6 Å². The summed E-state index contributed by atoms with van der Waals surface area (Å²) in [6, 6.07) is 17.9. The van der Waals surface area contributed by atoms with Crippen molar-refractivity contribution in [3.05, 3.63) is 94.2 Å². The molecule has 2 aromatic heterocycles. The van der Waals surface area contributed by atoms with Crippen LogP contribution in [0.3, 0.4) is 0 Å². The van der Waals surface area contributed by atoms with E-state index in [-0.39, 0.29) is 5.56 Å². The van der Waals surface area contributed by atoms with E-state index < -0.39 is 0 Å². The second kappa shape index (κ2) is 7.08. The number of nitrogens with zero attached hydrogens (tertiary/aromatic N) is 3. The monoisotopic (exact) mass is 355 g/mol. The first-order valence-corrected chi connectivity index (χ1v) is 9.07. The van der Waals surface area contributed by atoms with Gasteiger partial charge in [-0.25, -0.2) is 0 Å². The molecule has 0 saturated heterocycles. The van der Waals surface area contributed by atoms with E-state index in [2.05, 4.69) is 18.1 Å². The quantitative estimate of drug-likeness (QED) is 0.542. The first kappa shape index (κ1) is 17.0. The zero-order valence-corrected chi connectivity index (χ0v) is 15.5. The molecule has 4 nitrogen and oxygen atoms in total. The predicted octanol–water partition coefficient (Wildman–Crippen LogP) is 4.46. The van der Waals surface area contributed by atoms with E-state index in [4.69, 9.17) is 0 Å². The zero-order valence-electron chi connectivity index (χ0n) is 15.5. The highest BCUT2D eigenvalue weighted by atomic mass is 16.1. The lowest BCUT2D eigenvalue weighted by Crippen LogP contribution is -2.22. The molecule has 4 heteroatoms. The SMILES string of the molecule is CCc1cc2cccc(/C=C/c3cnn(C)c3)c2c(=O)n1-c1ccccc1. The Kier molecular flexibility index (Phi) is 4.47. The van der Waals surface area contributed by atoms with E-state index in [0.29, 0.717) is 0 Å². The third-order valence-corrected chi connectivity index (χ3v) is 4.71. The molecule has 0 radical (unpaired) electrons. The number of hydrogen-bond donors (Lipinski definition) is 0. The molecule has 134 valence electrons. The Morgan fingerprint density at radius 1 is 1.04 bits per heavy atom. The number of hydrogen-bond acceptors (Lipinski definition) is 2. The standard InChI is InChI=1S/C23H21N3O/c1-3-20-14-19-9-7-8-18(13-12-17-15-24-25(2)16-17)22(19)23(27)26(20)21-10-5-4-6-11-21/h4-16H,3H2,1-2H3/b13-12+. The van der Waals surface area contributed by atoms with E-state index >= 15 is 0 Å². The average molecular weight is 355 g/mol. The molecular formula is C23H21N3O. The average Bonchev–Trinajstić information content (AvgIpc) is 3.11. The molecule has 0 amide bonds. The molecule has 0 fully saturated rings. The van der Waals surface area contributed by atoms with Gasteiger partial charge in [-0.2, -0.15) is 5.10 Å². The number of para-hydroxylation sites is 1. The molecule has 0 aliphatic carbocycles. The minimum absolute atomic E-state index is 0.0157. The van der Waals surface area contributed by atoms with Crippen LogP contribution in [-0.2, 0) is 13.5 Å². The van der Waals surface area contributed by atoms with Crippen LogP contribution in [0.4, 0.5) is 0 Å². The summed E-state index contributed by atoms with van der Waals surface area (Å²) in [6.45, 7) is 2.08. The summed E-state index contributed by atoms with van der Waals surface area (Å²) in [6.07, 6.45) is 8.51. The molecule has 2 aromatic carbocycles. The third kappa shape index (κ3) is 3.22. The first-order valence-electron chi connectivity index (χ1n) is 9.07. The Morgan fingerprint density at radius 2 is 1.85 bits per heavy atom. The van der Waals surface area contributed by atoms with Crippen LogP contribution < -0.4 is 5.56 Å². The molecule has 0 atom stereocenters. The fourth-order valence-electron chi connectivity index (χ4n) is 3.41. The van der Waals surface area contributed by atoms with Crippen LogP contribution in [0.2, 0.25) is 0 Å². The van der Waals surface area contributed by atoms with Crippen molar-refractivity contribution in [3.63, 3.8) is 0 Å². The highest BCUT2D eigenvalue weighted by Crippen LogP contribution is 2.21. The molecule has 27 heavy (non-hydrogen) atoms. The van der Waals surface area contributed by atoms with Crippen molar-refractivity contribution in [3.8, 4) is 5.69 Å². The van der Waals surface area contributed by atoms with Gasteiger partial charge >= 0.3 is 0 Å². The molecule has 0 saturated carbocycles. The summed E-state index contributed by atoms with van der Waals surface area (Å²) >= 11 is 0. The van der Waals surface area contributed by atoms with Gasteiger partial charge in [-0.15, -0.1) is 0 Å². The van der Waals surface area contributed by atoms with Crippen molar-refractivity contribution in [1.82, 2.24) is 14.3 Å². The maximum absolute atomic E-state index is 13.5. The maximum Gasteiger partial charge on any atom is 0.263 e. The third-order valence-electron chi connectivity index (χ3n) is 4.71. The lowest BCUT2D eigenvalue weighted by Gasteiger charge is -2.14. The van der Waals surface area contributed by atoms with Crippen molar-refractivity contribution in [1.29, 1.82) is 0 Å². The number of fused-ring (bicyclic) bond motifs is 1. The van der Waals surface area contributed by atoms with Crippen LogP contribution >= 0.6 is 0 Å². The number of pyridine rings is 1. The summed E-state index contributed by atoms with van der Waals surface area (Å²) < 4.78 is 3.59. The van der Waals surface area contributed by atoms with Crippen molar-refractivity contribution >= 4 is 22.9 Å². The van der Waals surface area contributed by atoms with Gasteiger partial charge in [0.2, 0.25) is 0 Å². The Balaban J connectivity index is 1.94.